The van der Waals surface area contributed by atoms with E-state index in [-0.39, 0.29) is 30.1 Å². The average molecular weight is 390 g/mol. The summed E-state index contributed by atoms with van der Waals surface area (Å²) in [5.74, 6) is 1.26. The van der Waals surface area contributed by atoms with Crippen LogP contribution in [0.3, 0.4) is 0 Å². The second-order valence-corrected chi connectivity index (χ2v) is 6.40. The second-order valence-electron chi connectivity index (χ2n) is 6.40. The van der Waals surface area contributed by atoms with E-state index < -0.39 is 0 Å². The summed E-state index contributed by atoms with van der Waals surface area (Å²) in [7, 11) is 0. The van der Waals surface area contributed by atoms with Crippen LogP contribution in [0.5, 0.6) is 11.5 Å². The molecule has 0 saturated carbocycles. The minimum absolute atomic E-state index is 0.0359. The molecule has 2 aromatic carbocycles. The Hall–Kier alpha value is -3.94. The van der Waals surface area contributed by atoms with Crippen molar-refractivity contribution in [2.45, 2.75) is 13.5 Å². The lowest BCUT2D eigenvalue weighted by Gasteiger charge is -2.08. The predicted octanol–water partition coefficient (Wildman–Crippen LogP) is 3.08. The number of amides is 1. The molecular weight excluding hydrogens is 372 g/mol. The van der Waals surface area contributed by atoms with Gasteiger partial charge in [0.25, 0.3) is 5.91 Å². The number of ketones is 1. The maximum atomic E-state index is 12.5. The molecule has 29 heavy (non-hydrogen) atoms. The number of Topliss-reactive ketones (excluding diaryl/α,β-unsaturated/α-hetero) is 1. The molecule has 2 heterocycles. The smallest absolute Gasteiger partial charge is 0.270 e. The lowest BCUT2D eigenvalue weighted by Crippen LogP contribution is -2.24. The number of carbonyl (C=O) groups is 2. The fourth-order valence-electron chi connectivity index (χ4n) is 2.81. The fourth-order valence-corrected chi connectivity index (χ4v) is 2.81. The molecule has 4 rings (SSSR count). The second kappa shape index (κ2) is 7.97. The zero-order valence-corrected chi connectivity index (χ0v) is 15.6. The van der Waals surface area contributed by atoms with Crippen LogP contribution in [-0.2, 0) is 6.54 Å². The molecule has 8 heteroatoms. The first-order valence-corrected chi connectivity index (χ1v) is 8.96. The molecule has 1 amide bonds. The van der Waals surface area contributed by atoms with E-state index in [9.17, 15) is 9.59 Å². The van der Waals surface area contributed by atoms with Crippen LogP contribution < -0.4 is 20.1 Å². The molecule has 0 saturated heterocycles. The fraction of sp³-hybridized carbons (Fsp3) is 0.143. The number of aromatic nitrogens is 2. The summed E-state index contributed by atoms with van der Waals surface area (Å²) in [4.78, 5) is 32.4. The summed E-state index contributed by atoms with van der Waals surface area (Å²) in [5, 5.41) is 5.84. The molecular formula is C21H18N4O4. The molecule has 0 radical (unpaired) electrons. The quantitative estimate of drug-likeness (QED) is 0.624. The summed E-state index contributed by atoms with van der Waals surface area (Å²) in [6.45, 7) is 2.03. The lowest BCUT2D eigenvalue weighted by molar-refractivity contribution is 0.0945. The van der Waals surface area contributed by atoms with Gasteiger partial charge in [-0.3, -0.25) is 9.59 Å². The summed E-state index contributed by atoms with van der Waals surface area (Å²) in [5.41, 5.74) is 2.35. The molecule has 2 N–H and O–H groups in total. The summed E-state index contributed by atoms with van der Waals surface area (Å²) in [6, 6.07) is 14.0. The van der Waals surface area contributed by atoms with Crippen molar-refractivity contribution < 1.29 is 19.1 Å². The third-order valence-corrected chi connectivity index (χ3v) is 4.30. The van der Waals surface area contributed by atoms with Gasteiger partial charge < -0.3 is 20.1 Å². The molecule has 1 aromatic heterocycles. The number of nitrogens with one attached hydrogen (secondary N) is 2. The molecule has 0 fully saturated rings. The highest BCUT2D eigenvalue weighted by molar-refractivity contribution is 5.95. The molecule has 0 aliphatic carbocycles. The lowest BCUT2D eigenvalue weighted by atomic mass is 10.1. The largest absolute Gasteiger partial charge is 0.454 e. The van der Waals surface area contributed by atoms with Gasteiger partial charge in [-0.05, 0) is 42.8 Å². The van der Waals surface area contributed by atoms with Crippen molar-refractivity contribution in [1.29, 1.82) is 0 Å². The Labute approximate surface area is 166 Å². The van der Waals surface area contributed by atoms with Crippen molar-refractivity contribution in [3.63, 3.8) is 0 Å². The minimum atomic E-state index is -0.328. The van der Waals surface area contributed by atoms with Gasteiger partial charge in [-0.25, -0.2) is 9.97 Å². The van der Waals surface area contributed by atoms with Crippen LogP contribution in [0.15, 0.2) is 54.7 Å². The summed E-state index contributed by atoms with van der Waals surface area (Å²) in [6.07, 6.45) is 1.50. The highest BCUT2D eigenvalue weighted by Crippen LogP contribution is 2.32. The van der Waals surface area contributed by atoms with Crippen LogP contribution in [-0.4, -0.2) is 28.5 Å². The van der Waals surface area contributed by atoms with E-state index in [0.717, 1.165) is 5.56 Å². The van der Waals surface area contributed by atoms with Crippen LogP contribution >= 0.6 is 0 Å². The van der Waals surface area contributed by atoms with Gasteiger partial charge in [0.15, 0.2) is 17.3 Å². The van der Waals surface area contributed by atoms with Crippen LogP contribution in [0.2, 0.25) is 0 Å². The summed E-state index contributed by atoms with van der Waals surface area (Å²) < 4.78 is 10.6. The van der Waals surface area contributed by atoms with Gasteiger partial charge in [0.1, 0.15) is 5.69 Å². The number of benzene rings is 2. The molecule has 0 atom stereocenters. The Balaban J connectivity index is 1.42. The monoisotopic (exact) mass is 390 g/mol. The van der Waals surface area contributed by atoms with Gasteiger partial charge in [0, 0.05) is 24.0 Å². The van der Waals surface area contributed by atoms with Gasteiger partial charge in [-0.15, -0.1) is 0 Å². The zero-order chi connectivity index (χ0) is 20.2. The third-order valence-electron chi connectivity index (χ3n) is 4.30. The number of rotatable bonds is 6. The molecule has 146 valence electrons. The van der Waals surface area contributed by atoms with E-state index >= 15 is 0 Å². The van der Waals surface area contributed by atoms with Gasteiger partial charge >= 0.3 is 0 Å². The Morgan fingerprint density at radius 2 is 1.93 bits per heavy atom. The predicted molar refractivity (Wildman–Crippen MR) is 105 cm³/mol. The van der Waals surface area contributed by atoms with E-state index in [1.807, 2.05) is 18.2 Å². The first-order chi connectivity index (χ1) is 14.1. The van der Waals surface area contributed by atoms with E-state index in [1.165, 1.54) is 19.2 Å². The minimum Gasteiger partial charge on any atom is -0.454 e. The Kier molecular flexibility index (Phi) is 5.07. The van der Waals surface area contributed by atoms with Crippen LogP contribution in [0, 0.1) is 0 Å². The van der Waals surface area contributed by atoms with Crippen molar-refractivity contribution in [2.75, 3.05) is 12.1 Å². The Morgan fingerprint density at radius 3 is 2.79 bits per heavy atom. The maximum absolute atomic E-state index is 12.5. The number of hydrogen-bond donors (Lipinski definition) is 2. The number of anilines is 2. The standard InChI is InChI=1S/C21H18N4O4/c1-13(26)15-3-2-4-16(10-15)24-21-22-8-7-17(25-21)20(27)23-11-14-5-6-18-19(9-14)29-12-28-18/h2-10H,11-12H2,1H3,(H,23,27)(H,22,24,25). The first-order valence-electron chi connectivity index (χ1n) is 8.96. The molecule has 0 spiro atoms. The van der Waals surface area contributed by atoms with Crippen LogP contribution in [0.25, 0.3) is 0 Å². The molecule has 0 bridgehead atoms. The molecule has 0 unspecified atom stereocenters. The third kappa shape index (κ3) is 4.32. The SMILES string of the molecule is CC(=O)c1cccc(Nc2nccc(C(=O)NCc3ccc4c(c3)OCO4)n2)c1. The van der Waals surface area contributed by atoms with Crippen LogP contribution in [0.1, 0.15) is 33.3 Å². The van der Waals surface area contributed by atoms with E-state index in [4.69, 9.17) is 9.47 Å². The number of carbonyl (C=O) groups excluding carboxylic acids is 2. The summed E-state index contributed by atoms with van der Waals surface area (Å²) >= 11 is 0. The first kappa shape index (κ1) is 18.4. The zero-order valence-electron chi connectivity index (χ0n) is 15.6. The van der Waals surface area contributed by atoms with Gasteiger partial charge in [-0.1, -0.05) is 18.2 Å². The van der Waals surface area contributed by atoms with E-state index in [0.29, 0.717) is 29.3 Å². The van der Waals surface area contributed by atoms with E-state index in [1.54, 1.807) is 24.3 Å². The number of fused-ring (bicyclic) bond motifs is 1. The molecule has 8 nitrogen and oxygen atoms in total. The van der Waals surface area contributed by atoms with Gasteiger partial charge in [0.05, 0.1) is 0 Å². The van der Waals surface area contributed by atoms with Crippen molar-refractivity contribution in [3.8, 4) is 11.5 Å². The molecule has 1 aliphatic rings. The van der Waals surface area contributed by atoms with Gasteiger partial charge in [-0.2, -0.15) is 0 Å². The topological polar surface area (TPSA) is 102 Å². The van der Waals surface area contributed by atoms with Crippen molar-refractivity contribution in [1.82, 2.24) is 15.3 Å². The highest BCUT2D eigenvalue weighted by Gasteiger charge is 2.14. The van der Waals surface area contributed by atoms with Gasteiger partial charge in [0.2, 0.25) is 12.7 Å². The van der Waals surface area contributed by atoms with E-state index in [2.05, 4.69) is 20.6 Å². The molecule has 1 aliphatic heterocycles. The van der Waals surface area contributed by atoms with Crippen LogP contribution in [0.4, 0.5) is 11.6 Å². The Bertz CT molecular complexity index is 1080. The Morgan fingerprint density at radius 1 is 1.07 bits per heavy atom. The number of nitrogens with zero attached hydrogens (tertiary/aromatic N) is 2. The number of ether oxygens (including phenoxy) is 2. The van der Waals surface area contributed by atoms with Crippen molar-refractivity contribution >= 4 is 23.3 Å². The number of hydrogen-bond acceptors (Lipinski definition) is 7. The maximum Gasteiger partial charge on any atom is 0.270 e. The highest BCUT2D eigenvalue weighted by atomic mass is 16.7. The van der Waals surface area contributed by atoms with Crippen molar-refractivity contribution in [3.05, 3.63) is 71.5 Å². The molecule has 3 aromatic rings. The average Bonchev–Trinajstić information content (AvgIpc) is 3.20. The normalized spacial score (nSPS) is 11.8. The van der Waals surface area contributed by atoms with Crippen molar-refractivity contribution in [2.24, 2.45) is 0 Å².